The van der Waals surface area contributed by atoms with Gasteiger partial charge in [0.2, 0.25) is 0 Å². The number of aliphatic hydroxyl groups is 1. The number of anilines is 1. The highest BCUT2D eigenvalue weighted by Crippen LogP contribution is 2.33. The number of nitrogens with zero attached hydrogens (tertiary/aromatic N) is 1. The molecule has 1 aromatic rings. The molecule has 1 aliphatic heterocycles. The molecule has 0 bridgehead atoms. The van der Waals surface area contributed by atoms with Crippen molar-refractivity contribution in [3.05, 3.63) is 28.8 Å². The molecule has 2 rings (SSSR count). The Kier molecular flexibility index (Phi) is 5.30. The van der Waals surface area contributed by atoms with Crippen molar-refractivity contribution in [1.29, 1.82) is 0 Å². The van der Waals surface area contributed by atoms with Crippen LogP contribution >= 0.6 is 11.6 Å². The predicted molar refractivity (Wildman–Crippen MR) is 85.5 cm³/mol. The maximum atomic E-state index is 9.57. The fourth-order valence-electron chi connectivity index (χ4n) is 3.07. The molecule has 0 spiro atoms. The first-order valence-corrected chi connectivity index (χ1v) is 7.86. The van der Waals surface area contributed by atoms with E-state index in [9.17, 15) is 5.11 Å². The molecule has 0 saturated carbocycles. The Morgan fingerprint density at radius 2 is 2.25 bits per heavy atom. The summed E-state index contributed by atoms with van der Waals surface area (Å²) in [7, 11) is 0. The number of aliphatic hydroxyl groups excluding tert-OH is 1. The van der Waals surface area contributed by atoms with Crippen LogP contribution in [0.2, 0.25) is 5.02 Å². The minimum atomic E-state index is 0.203. The zero-order chi connectivity index (χ0) is 14.7. The van der Waals surface area contributed by atoms with Crippen LogP contribution in [0.4, 0.5) is 5.69 Å². The Hall–Kier alpha value is -0.770. The van der Waals surface area contributed by atoms with Crippen LogP contribution in [0.1, 0.15) is 38.8 Å². The summed E-state index contributed by atoms with van der Waals surface area (Å²) in [4.78, 5) is 2.28. The Morgan fingerprint density at radius 3 is 2.85 bits per heavy atom. The van der Waals surface area contributed by atoms with Crippen LogP contribution in [0.5, 0.6) is 0 Å². The highest BCUT2D eigenvalue weighted by atomic mass is 35.5. The summed E-state index contributed by atoms with van der Waals surface area (Å²) in [5, 5.41) is 13.7. The monoisotopic (exact) mass is 296 g/mol. The molecule has 3 unspecified atom stereocenters. The summed E-state index contributed by atoms with van der Waals surface area (Å²) in [5.74, 6) is 0.527. The average molecular weight is 297 g/mol. The van der Waals surface area contributed by atoms with E-state index < -0.39 is 0 Å². The number of hydrogen-bond donors (Lipinski definition) is 2. The van der Waals surface area contributed by atoms with Crippen LogP contribution in [0.3, 0.4) is 0 Å². The molecule has 0 amide bonds. The Bertz CT molecular complexity index is 452. The summed E-state index contributed by atoms with van der Waals surface area (Å²) in [6, 6.07) is 6.72. The van der Waals surface area contributed by atoms with E-state index in [4.69, 9.17) is 11.6 Å². The SMILES string of the molecule is CCNC(C)c1ccc(N2CCC(C)C2CO)cc1Cl. The second-order valence-electron chi connectivity index (χ2n) is 5.69. The maximum Gasteiger partial charge on any atom is 0.0637 e. The van der Waals surface area contributed by atoms with E-state index in [0.717, 1.165) is 35.8 Å². The smallest absolute Gasteiger partial charge is 0.0637 e. The van der Waals surface area contributed by atoms with E-state index >= 15 is 0 Å². The van der Waals surface area contributed by atoms with Crippen molar-refractivity contribution in [2.75, 3.05) is 24.6 Å². The molecule has 1 heterocycles. The fourth-order valence-corrected chi connectivity index (χ4v) is 3.41. The lowest BCUT2D eigenvalue weighted by Gasteiger charge is -2.28. The van der Waals surface area contributed by atoms with Crippen LogP contribution < -0.4 is 10.2 Å². The summed E-state index contributed by atoms with van der Waals surface area (Å²) < 4.78 is 0. The molecule has 0 radical (unpaired) electrons. The highest BCUT2D eigenvalue weighted by Gasteiger charge is 2.30. The van der Waals surface area contributed by atoms with Gasteiger partial charge in [0.1, 0.15) is 0 Å². The second-order valence-corrected chi connectivity index (χ2v) is 6.10. The average Bonchev–Trinajstić information content (AvgIpc) is 2.79. The van der Waals surface area contributed by atoms with Gasteiger partial charge in [-0.05, 0) is 43.5 Å². The van der Waals surface area contributed by atoms with Crippen molar-refractivity contribution in [2.45, 2.75) is 39.3 Å². The first-order valence-electron chi connectivity index (χ1n) is 7.48. The van der Waals surface area contributed by atoms with Gasteiger partial charge in [0.05, 0.1) is 12.6 Å². The van der Waals surface area contributed by atoms with Crippen LogP contribution in [0.15, 0.2) is 18.2 Å². The van der Waals surface area contributed by atoms with Crippen molar-refractivity contribution in [3.63, 3.8) is 0 Å². The molecule has 0 aromatic heterocycles. The van der Waals surface area contributed by atoms with Gasteiger partial charge >= 0.3 is 0 Å². The Labute approximate surface area is 126 Å². The second kappa shape index (κ2) is 6.79. The molecule has 4 heteroatoms. The summed E-state index contributed by atoms with van der Waals surface area (Å²) >= 11 is 6.44. The molecule has 1 fully saturated rings. The third-order valence-electron chi connectivity index (χ3n) is 4.36. The number of nitrogens with one attached hydrogen (secondary N) is 1. The third kappa shape index (κ3) is 3.11. The number of benzene rings is 1. The normalized spacial score (nSPS) is 24.1. The fraction of sp³-hybridized carbons (Fsp3) is 0.625. The topological polar surface area (TPSA) is 35.5 Å². The molecule has 2 N–H and O–H groups in total. The van der Waals surface area contributed by atoms with E-state index in [-0.39, 0.29) is 18.7 Å². The first-order chi connectivity index (χ1) is 9.58. The molecule has 1 aromatic carbocycles. The largest absolute Gasteiger partial charge is 0.394 e. The van der Waals surface area contributed by atoms with E-state index in [1.165, 1.54) is 0 Å². The van der Waals surface area contributed by atoms with E-state index in [1.54, 1.807) is 0 Å². The number of halogens is 1. The summed E-state index contributed by atoms with van der Waals surface area (Å²) in [6.07, 6.45) is 1.12. The van der Waals surface area contributed by atoms with Crippen molar-refractivity contribution in [2.24, 2.45) is 5.92 Å². The van der Waals surface area contributed by atoms with Gasteiger partial charge in [0, 0.05) is 23.3 Å². The zero-order valence-electron chi connectivity index (χ0n) is 12.6. The van der Waals surface area contributed by atoms with Crippen molar-refractivity contribution < 1.29 is 5.11 Å². The van der Waals surface area contributed by atoms with Gasteiger partial charge < -0.3 is 15.3 Å². The lowest BCUT2D eigenvalue weighted by atomic mass is 10.0. The number of hydrogen-bond acceptors (Lipinski definition) is 3. The molecular weight excluding hydrogens is 272 g/mol. The zero-order valence-corrected chi connectivity index (χ0v) is 13.3. The van der Waals surface area contributed by atoms with Gasteiger partial charge in [-0.3, -0.25) is 0 Å². The van der Waals surface area contributed by atoms with Gasteiger partial charge in [0.15, 0.2) is 0 Å². The van der Waals surface area contributed by atoms with Crippen molar-refractivity contribution in [3.8, 4) is 0 Å². The minimum Gasteiger partial charge on any atom is -0.394 e. The van der Waals surface area contributed by atoms with Gasteiger partial charge in [-0.1, -0.05) is 31.5 Å². The molecule has 3 atom stereocenters. The first kappa shape index (κ1) is 15.6. The van der Waals surface area contributed by atoms with Gasteiger partial charge in [0.25, 0.3) is 0 Å². The van der Waals surface area contributed by atoms with Crippen molar-refractivity contribution in [1.82, 2.24) is 5.32 Å². The maximum absolute atomic E-state index is 9.57. The van der Waals surface area contributed by atoms with Crippen molar-refractivity contribution >= 4 is 17.3 Å². The van der Waals surface area contributed by atoms with Crippen LogP contribution in [-0.2, 0) is 0 Å². The Morgan fingerprint density at radius 1 is 1.50 bits per heavy atom. The van der Waals surface area contributed by atoms with Crippen LogP contribution in [0.25, 0.3) is 0 Å². The molecule has 20 heavy (non-hydrogen) atoms. The molecule has 3 nitrogen and oxygen atoms in total. The third-order valence-corrected chi connectivity index (χ3v) is 4.69. The summed E-state index contributed by atoms with van der Waals surface area (Å²) in [6.45, 7) is 8.54. The van der Waals surface area contributed by atoms with Crippen LogP contribution in [0, 0.1) is 5.92 Å². The van der Waals surface area contributed by atoms with Gasteiger partial charge in [-0.25, -0.2) is 0 Å². The highest BCUT2D eigenvalue weighted by molar-refractivity contribution is 6.31. The molecule has 1 aliphatic rings. The lowest BCUT2D eigenvalue weighted by Crippen LogP contribution is -2.35. The Balaban J connectivity index is 2.21. The predicted octanol–water partition coefficient (Wildman–Crippen LogP) is 3.22. The minimum absolute atomic E-state index is 0.203. The number of rotatable bonds is 5. The lowest BCUT2D eigenvalue weighted by molar-refractivity contribution is 0.245. The quantitative estimate of drug-likeness (QED) is 0.876. The van der Waals surface area contributed by atoms with E-state index in [0.29, 0.717) is 5.92 Å². The van der Waals surface area contributed by atoms with E-state index in [2.05, 4.69) is 43.1 Å². The molecule has 112 valence electrons. The van der Waals surface area contributed by atoms with Gasteiger partial charge in [-0.2, -0.15) is 0 Å². The molecule has 0 aliphatic carbocycles. The molecular formula is C16H25ClN2O. The van der Waals surface area contributed by atoms with Crippen LogP contribution in [-0.4, -0.2) is 30.8 Å². The standard InChI is InChI=1S/C16H25ClN2O/c1-4-18-12(3)14-6-5-13(9-15(14)17)19-8-7-11(2)16(19)10-20/h5-6,9,11-12,16,18,20H,4,7-8,10H2,1-3H3. The van der Waals surface area contributed by atoms with E-state index in [1.807, 2.05) is 6.07 Å². The summed E-state index contributed by atoms with van der Waals surface area (Å²) in [5.41, 5.74) is 2.25. The van der Waals surface area contributed by atoms with Gasteiger partial charge in [-0.15, -0.1) is 0 Å². The molecule has 1 saturated heterocycles.